The second-order valence-electron chi connectivity index (χ2n) is 4.72. The number of carboxylic acids is 1. The molecule has 1 aliphatic rings. The number of nitrogens with zero attached hydrogens (tertiary/aromatic N) is 1. The second-order valence-corrected chi connectivity index (χ2v) is 5.12. The molecule has 0 atom stereocenters. The third kappa shape index (κ3) is 4.61. The molecule has 1 aromatic rings. The highest BCUT2D eigenvalue weighted by molar-refractivity contribution is 6.32. The lowest BCUT2D eigenvalue weighted by Crippen LogP contribution is -2.36. The number of ether oxygens (including phenoxy) is 3. The van der Waals surface area contributed by atoms with E-state index >= 15 is 0 Å². The van der Waals surface area contributed by atoms with Gasteiger partial charge in [0.15, 0.2) is 11.5 Å². The number of halogens is 1. The van der Waals surface area contributed by atoms with Crippen LogP contribution in [0.4, 0.5) is 0 Å². The number of aliphatic carboxylic acids is 1. The fourth-order valence-corrected chi connectivity index (χ4v) is 2.26. The number of carbonyl (C=O) groups excluding carboxylic acids is 1. The minimum Gasteiger partial charge on any atom is -0.480 e. The van der Waals surface area contributed by atoms with Crippen molar-refractivity contribution in [1.29, 1.82) is 0 Å². The number of amides is 1. The number of benzene rings is 1. The smallest absolute Gasteiger partial charge is 0.323 e. The molecule has 1 N–H and O–H groups in total. The topological polar surface area (TPSA) is 85.3 Å². The van der Waals surface area contributed by atoms with Gasteiger partial charge in [-0.3, -0.25) is 9.59 Å². The van der Waals surface area contributed by atoms with Crippen LogP contribution in [0.25, 0.3) is 6.08 Å². The molecule has 2 rings (SSSR count). The Hall–Kier alpha value is -2.25. The van der Waals surface area contributed by atoms with E-state index < -0.39 is 18.4 Å². The summed E-state index contributed by atoms with van der Waals surface area (Å²) in [6, 6.07) is 3.32. The number of methoxy groups -OCH3 is 1. The van der Waals surface area contributed by atoms with Gasteiger partial charge in [-0.15, -0.1) is 0 Å². The summed E-state index contributed by atoms with van der Waals surface area (Å²) in [4.78, 5) is 24.1. The molecule has 1 heterocycles. The molecule has 0 saturated carbocycles. The largest absolute Gasteiger partial charge is 0.480 e. The Bertz CT molecular complexity index is 631. The molecule has 124 valence electrons. The molecule has 1 amide bonds. The quantitative estimate of drug-likeness (QED) is 0.759. The average molecular weight is 342 g/mol. The van der Waals surface area contributed by atoms with Crippen molar-refractivity contribution >= 4 is 29.6 Å². The van der Waals surface area contributed by atoms with Gasteiger partial charge in [0.25, 0.3) is 0 Å². The Kier molecular flexibility index (Phi) is 5.84. The number of carboxylic acid groups (broad SMARTS) is 1. The van der Waals surface area contributed by atoms with Crippen molar-refractivity contribution in [1.82, 2.24) is 4.90 Å². The van der Waals surface area contributed by atoms with Gasteiger partial charge >= 0.3 is 5.97 Å². The maximum absolute atomic E-state index is 12.1. The van der Waals surface area contributed by atoms with Gasteiger partial charge in [0, 0.05) is 19.7 Å². The number of hydrogen-bond acceptors (Lipinski definition) is 5. The summed E-state index contributed by atoms with van der Waals surface area (Å²) < 4.78 is 15.3. The van der Waals surface area contributed by atoms with Crippen LogP contribution in [0.3, 0.4) is 0 Å². The zero-order valence-corrected chi connectivity index (χ0v) is 13.2. The molecule has 0 bridgehead atoms. The Morgan fingerprint density at radius 1 is 1.43 bits per heavy atom. The Labute approximate surface area is 138 Å². The van der Waals surface area contributed by atoms with Gasteiger partial charge in [-0.2, -0.15) is 0 Å². The van der Waals surface area contributed by atoms with Crippen LogP contribution in [0, 0.1) is 0 Å². The van der Waals surface area contributed by atoms with Gasteiger partial charge in [0.1, 0.15) is 6.54 Å². The Balaban J connectivity index is 2.09. The molecule has 23 heavy (non-hydrogen) atoms. The Morgan fingerprint density at radius 2 is 2.22 bits per heavy atom. The van der Waals surface area contributed by atoms with Crippen molar-refractivity contribution in [2.75, 3.05) is 33.6 Å². The standard InChI is InChI=1S/C15H16ClNO6/c1-21-5-4-17(8-14(19)20)13(18)3-2-10-6-11(16)15-12(7-10)22-9-23-15/h2-3,6-7H,4-5,8-9H2,1H3,(H,19,20)/b3-2+. The highest BCUT2D eigenvalue weighted by Crippen LogP contribution is 2.40. The molecule has 0 aromatic heterocycles. The summed E-state index contributed by atoms with van der Waals surface area (Å²) in [6.45, 7) is 0.148. The van der Waals surface area contributed by atoms with Crippen molar-refractivity contribution in [3.8, 4) is 11.5 Å². The second kappa shape index (κ2) is 7.85. The predicted octanol–water partition coefficient (Wildman–Crippen LogP) is 1.64. The van der Waals surface area contributed by atoms with E-state index in [0.29, 0.717) is 22.1 Å². The maximum atomic E-state index is 12.1. The molecule has 1 aromatic carbocycles. The molecule has 8 heteroatoms. The molecule has 0 aliphatic carbocycles. The summed E-state index contributed by atoms with van der Waals surface area (Å²) >= 11 is 6.06. The van der Waals surface area contributed by atoms with Gasteiger partial charge in [-0.1, -0.05) is 11.6 Å². The number of carbonyl (C=O) groups is 2. The first-order valence-electron chi connectivity index (χ1n) is 6.78. The van der Waals surface area contributed by atoms with Gasteiger partial charge < -0.3 is 24.2 Å². The highest BCUT2D eigenvalue weighted by atomic mass is 35.5. The van der Waals surface area contributed by atoms with Gasteiger partial charge in [-0.05, 0) is 23.8 Å². The van der Waals surface area contributed by atoms with Crippen LogP contribution >= 0.6 is 11.6 Å². The summed E-state index contributed by atoms with van der Waals surface area (Å²) in [5.41, 5.74) is 0.648. The molecular formula is C15H16ClNO6. The van der Waals surface area contributed by atoms with E-state index in [9.17, 15) is 9.59 Å². The number of hydrogen-bond donors (Lipinski definition) is 1. The van der Waals surface area contributed by atoms with Crippen LogP contribution in [0.5, 0.6) is 11.5 Å². The normalized spacial score (nSPS) is 12.6. The minimum atomic E-state index is -1.09. The van der Waals surface area contributed by atoms with Crippen molar-refractivity contribution in [3.63, 3.8) is 0 Å². The lowest BCUT2D eigenvalue weighted by molar-refractivity contribution is -0.143. The SMILES string of the molecule is COCCN(CC(=O)O)C(=O)/C=C/c1cc(Cl)c2c(c1)OCO2. The lowest BCUT2D eigenvalue weighted by atomic mass is 10.2. The fourth-order valence-electron chi connectivity index (χ4n) is 1.99. The first-order valence-corrected chi connectivity index (χ1v) is 7.16. The van der Waals surface area contributed by atoms with Gasteiger partial charge in [-0.25, -0.2) is 0 Å². The van der Waals surface area contributed by atoms with Crippen LogP contribution in [-0.4, -0.2) is 55.5 Å². The van der Waals surface area contributed by atoms with E-state index in [1.54, 1.807) is 12.1 Å². The molecule has 1 aliphatic heterocycles. The average Bonchev–Trinajstić information content (AvgIpc) is 2.97. The molecular weight excluding hydrogens is 326 g/mol. The molecule has 0 unspecified atom stereocenters. The minimum absolute atomic E-state index is 0.102. The number of rotatable bonds is 7. The Morgan fingerprint density at radius 3 is 2.91 bits per heavy atom. The predicted molar refractivity (Wildman–Crippen MR) is 82.7 cm³/mol. The monoisotopic (exact) mass is 341 g/mol. The van der Waals surface area contributed by atoms with E-state index in [4.69, 9.17) is 30.9 Å². The van der Waals surface area contributed by atoms with Crippen LogP contribution < -0.4 is 9.47 Å². The summed E-state index contributed by atoms with van der Waals surface area (Å²) in [5, 5.41) is 9.24. The van der Waals surface area contributed by atoms with Crippen LogP contribution in [0.2, 0.25) is 5.02 Å². The maximum Gasteiger partial charge on any atom is 0.323 e. The van der Waals surface area contributed by atoms with Crippen molar-refractivity contribution < 1.29 is 28.9 Å². The van der Waals surface area contributed by atoms with Crippen molar-refractivity contribution in [3.05, 3.63) is 28.8 Å². The third-order valence-electron chi connectivity index (χ3n) is 3.07. The van der Waals surface area contributed by atoms with E-state index in [0.717, 1.165) is 0 Å². The zero-order chi connectivity index (χ0) is 16.8. The summed E-state index contributed by atoms with van der Waals surface area (Å²) in [5.74, 6) is -0.540. The molecule has 7 nitrogen and oxygen atoms in total. The molecule has 0 radical (unpaired) electrons. The fraction of sp³-hybridized carbons (Fsp3) is 0.333. The van der Waals surface area contributed by atoms with Crippen LogP contribution in [-0.2, 0) is 14.3 Å². The third-order valence-corrected chi connectivity index (χ3v) is 3.35. The molecule has 0 spiro atoms. The first-order chi connectivity index (χ1) is 11.0. The van der Waals surface area contributed by atoms with E-state index in [1.165, 1.54) is 24.2 Å². The zero-order valence-electron chi connectivity index (χ0n) is 12.5. The van der Waals surface area contributed by atoms with Crippen molar-refractivity contribution in [2.24, 2.45) is 0 Å². The van der Waals surface area contributed by atoms with E-state index in [1.807, 2.05) is 0 Å². The molecule has 0 fully saturated rings. The van der Waals surface area contributed by atoms with Crippen molar-refractivity contribution in [2.45, 2.75) is 0 Å². The summed E-state index contributed by atoms with van der Waals surface area (Å²) in [7, 11) is 1.48. The van der Waals surface area contributed by atoms with Crippen LogP contribution in [0.15, 0.2) is 18.2 Å². The number of fused-ring (bicyclic) bond motifs is 1. The lowest BCUT2D eigenvalue weighted by Gasteiger charge is -2.18. The molecule has 0 saturated heterocycles. The first kappa shape index (κ1) is 17.1. The summed E-state index contributed by atoms with van der Waals surface area (Å²) in [6.07, 6.45) is 2.82. The van der Waals surface area contributed by atoms with Crippen LogP contribution in [0.1, 0.15) is 5.56 Å². The van der Waals surface area contributed by atoms with Gasteiger partial charge in [0.2, 0.25) is 12.7 Å². The van der Waals surface area contributed by atoms with Gasteiger partial charge in [0.05, 0.1) is 11.6 Å². The van der Waals surface area contributed by atoms with E-state index in [-0.39, 0.29) is 19.9 Å². The highest BCUT2D eigenvalue weighted by Gasteiger charge is 2.18. The van der Waals surface area contributed by atoms with E-state index in [2.05, 4.69) is 0 Å².